The number of alkyl halides is 3. The largest absolute Gasteiger partial charge is 0.416 e. The number of hydrogen-bond donors (Lipinski definition) is 1. The highest BCUT2D eigenvalue weighted by Gasteiger charge is 2.31. The lowest BCUT2D eigenvalue weighted by Crippen LogP contribution is -2.43. The number of halogens is 4. The van der Waals surface area contributed by atoms with Crippen LogP contribution in [-0.4, -0.2) is 26.2 Å². The van der Waals surface area contributed by atoms with Crippen molar-refractivity contribution >= 4 is 18.1 Å². The molecule has 1 aliphatic rings. The monoisotopic (exact) mass is 280 g/mol. The van der Waals surface area contributed by atoms with Crippen molar-refractivity contribution in [3.05, 3.63) is 29.3 Å². The number of benzene rings is 1. The number of nitrogens with zero attached hydrogens (tertiary/aromatic N) is 1. The van der Waals surface area contributed by atoms with E-state index in [0.717, 1.165) is 37.8 Å². The summed E-state index contributed by atoms with van der Waals surface area (Å²) in [5, 5.41) is 3.18. The predicted molar refractivity (Wildman–Crippen MR) is 68.5 cm³/mol. The standard InChI is InChI=1S/C12H15F3N2.ClH/c1-9-2-3-10(12(13,14)15)8-11(9)17-6-4-16-5-7-17;/h2-3,8,16H,4-7H2,1H3;1H. The Morgan fingerprint density at radius 1 is 1.17 bits per heavy atom. The van der Waals surface area contributed by atoms with E-state index in [1.165, 1.54) is 6.07 Å². The minimum absolute atomic E-state index is 0. The average Bonchev–Trinajstić information content (AvgIpc) is 2.29. The van der Waals surface area contributed by atoms with Gasteiger partial charge in [-0.1, -0.05) is 6.07 Å². The lowest BCUT2D eigenvalue weighted by molar-refractivity contribution is -0.137. The van der Waals surface area contributed by atoms with Gasteiger partial charge < -0.3 is 10.2 Å². The van der Waals surface area contributed by atoms with Crippen LogP contribution in [0.2, 0.25) is 0 Å². The van der Waals surface area contributed by atoms with E-state index in [1.807, 2.05) is 11.8 Å². The molecule has 1 fully saturated rings. The first-order valence-corrected chi connectivity index (χ1v) is 5.62. The summed E-state index contributed by atoms with van der Waals surface area (Å²) in [6, 6.07) is 3.93. The van der Waals surface area contributed by atoms with Crippen molar-refractivity contribution in [3.8, 4) is 0 Å². The Morgan fingerprint density at radius 2 is 1.78 bits per heavy atom. The van der Waals surface area contributed by atoms with Crippen molar-refractivity contribution in [1.29, 1.82) is 0 Å². The highest BCUT2D eigenvalue weighted by molar-refractivity contribution is 5.85. The van der Waals surface area contributed by atoms with Gasteiger partial charge in [0, 0.05) is 31.9 Å². The van der Waals surface area contributed by atoms with Gasteiger partial charge in [-0.3, -0.25) is 0 Å². The van der Waals surface area contributed by atoms with E-state index in [4.69, 9.17) is 0 Å². The van der Waals surface area contributed by atoms with Crippen LogP contribution < -0.4 is 10.2 Å². The number of anilines is 1. The molecule has 18 heavy (non-hydrogen) atoms. The maximum atomic E-state index is 12.6. The van der Waals surface area contributed by atoms with Gasteiger partial charge in [0.2, 0.25) is 0 Å². The molecule has 1 aliphatic heterocycles. The molecule has 2 rings (SSSR count). The first-order chi connectivity index (χ1) is 7.98. The van der Waals surface area contributed by atoms with Crippen LogP contribution in [0.3, 0.4) is 0 Å². The lowest BCUT2D eigenvalue weighted by Gasteiger charge is -2.31. The van der Waals surface area contributed by atoms with Gasteiger partial charge >= 0.3 is 6.18 Å². The SMILES string of the molecule is Cc1ccc(C(F)(F)F)cc1N1CCNCC1.Cl. The fourth-order valence-electron chi connectivity index (χ4n) is 2.03. The van der Waals surface area contributed by atoms with Crippen LogP contribution in [0.25, 0.3) is 0 Å². The molecule has 0 saturated carbocycles. The number of aryl methyl sites for hydroxylation is 1. The molecule has 0 unspecified atom stereocenters. The molecular formula is C12H16ClF3N2. The molecule has 1 saturated heterocycles. The van der Waals surface area contributed by atoms with Crippen LogP contribution >= 0.6 is 12.4 Å². The average molecular weight is 281 g/mol. The summed E-state index contributed by atoms with van der Waals surface area (Å²) in [5.41, 5.74) is 1.01. The van der Waals surface area contributed by atoms with Gasteiger partial charge in [-0.15, -0.1) is 12.4 Å². The second kappa shape index (κ2) is 5.80. The van der Waals surface area contributed by atoms with Crippen LogP contribution in [0.15, 0.2) is 18.2 Å². The first kappa shape index (κ1) is 15.1. The highest BCUT2D eigenvalue weighted by atomic mass is 35.5. The van der Waals surface area contributed by atoms with Crippen molar-refractivity contribution in [2.24, 2.45) is 0 Å². The Hall–Kier alpha value is -0.940. The molecule has 1 heterocycles. The smallest absolute Gasteiger partial charge is 0.369 e. The molecule has 1 aromatic carbocycles. The summed E-state index contributed by atoms with van der Waals surface area (Å²) in [5.74, 6) is 0. The van der Waals surface area contributed by atoms with E-state index in [1.54, 1.807) is 6.07 Å². The van der Waals surface area contributed by atoms with Gasteiger partial charge in [-0.25, -0.2) is 0 Å². The van der Waals surface area contributed by atoms with Crippen molar-refractivity contribution in [2.75, 3.05) is 31.1 Å². The minimum Gasteiger partial charge on any atom is -0.369 e. The Morgan fingerprint density at radius 3 is 2.33 bits per heavy atom. The molecule has 102 valence electrons. The Kier molecular flexibility index (Phi) is 4.87. The quantitative estimate of drug-likeness (QED) is 0.851. The van der Waals surface area contributed by atoms with E-state index in [9.17, 15) is 13.2 Å². The fraction of sp³-hybridized carbons (Fsp3) is 0.500. The van der Waals surface area contributed by atoms with Gasteiger partial charge in [0.25, 0.3) is 0 Å². The zero-order valence-electron chi connectivity index (χ0n) is 10.0. The van der Waals surface area contributed by atoms with E-state index < -0.39 is 11.7 Å². The molecule has 0 bridgehead atoms. The molecular weight excluding hydrogens is 265 g/mol. The fourth-order valence-corrected chi connectivity index (χ4v) is 2.03. The first-order valence-electron chi connectivity index (χ1n) is 5.62. The van der Waals surface area contributed by atoms with Gasteiger partial charge in [0.05, 0.1) is 5.56 Å². The molecule has 0 amide bonds. The highest BCUT2D eigenvalue weighted by Crippen LogP contribution is 2.33. The lowest BCUT2D eigenvalue weighted by atomic mass is 10.1. The van der Waals surface area contributed by atoms with Gasteiger partial charge in [-0.05, 0) is 24.6 Å². The second-order valence-electron chi connectivity index (χ2n) is 4.24. The zero-order valence-corrected chi connectivity index (χ0v) is 10.9. The topological polar surface area (TPSA) is 15.3 Å². The van der Waals surface area contributed by atoms with Crippen LogP contribution in [0, 0.1) is 6.92 Å². The molecule has 1 N–H and O–H groups in total. The summed E-state index contributed by atoms with van der Waals surface area (Å²) in [6.07, 6.45) is -4.27. The van der Waals surface area contributed by atoms with Crippen molar-refractivity contribution in [3.63, 3.8) is 0 Å². The predicted octanol–water partition coefficient (Wildman–Crippen LogP) is 2.85. The molecule has 1 aromatic rings. The summed E-state index contributed by atoms with van der Waals surface area (Å²) in [4.78, 5) is 2.00. The Bertz CT molecular complexity index is 401. The zero-order chi connectivity index (χ0) is 12.5. The van der Waals surface area contributed by atoms with Crippen molar-refractivity contribution < 1.29 is 13.2 Å². The van der Waals surface area contributed by atoms with Gasteiger partial charge in [0.1, 0.15) is 0 Å². The summed E-state index contributed by atoms with van der Waals surface area (Å²) < 4.78 is 37.9. The van der Waals surface area contributed by atoms with E-state index in [0.29, 0.717) is 5.69 Å². The molecule has 0 atom stereocenters. The van der Waals surface area contributed by atoms with Crippen molar-refractivity contribution in [1.82, 2.24) is 5.32 Å². The second-order valence-corrected chi connectivity index (χ2v) is 4.24. The third-order valence-corrected chi connectivity index (χ3v) is 2.99. The minimum atomic E-state index is -4.27. The summed E-state index contributed by atoms with van der Waals surface area (Å²) in [7, 11) is 0. The number of piperazine rings is 1. The van der Waals surface area contributed by atoms with Gasteiger partial charge in [0.15, 0.2) is 0 Å². The van der Waals surface area contributed by atoms with Crippen LogP contribution in [0.5, 0.6) is 0 Å². The molecule has 6 heteroatoms. The Labute approximate surface area is 111 Å². The molecule has 0 aromatic heterocycles. The van der Waals surface area contributed by atoms with Crippen molar-refractivity contribution in [2.45, 2.75) is 13.1 Å². The van der Waals surface area contributed by atoms with Crippen LogP contribution in [0.4, 0.5) is 18.9 Å². The third-order valence-electron chi connectivity index (χ3n) is 2.99. The molecule has 0 aliphatic carbocycles. The number of nitrogens with one attached hydrogen (secondary N) is 1. The van der Waals surface area contributed by atoms with Gasteiger partial charge in [-0.2, -0.15) is 13.2 Å². The molecule has 2 nitrogen and oxygen atoms in total. The van der Waals surface area contributed by atoms with Crippen LogP contribution in [0.1, 0.15) is 11.1 Å². The third kappa shape index (κ3) is 3.29. The summed E-state index contributed by atoms with van der Waals surface area (Å²) >= 11 is 0. The van der Waals surface area contributed by atoms with E-state index in [2.05, 4.69) is 5.32 Å². The molecule has 0 spiro atoms. The normalized spacial score (nSPS) is 16.3. The maximum absolute atomic E-state index is 12.6. The molecule has 0 radical (unpaired) electrons. The Balaban J connectivity index is 0.00000162. The maximum Gasteiger partial charge on any atom is 0.416 e. The van der Waals surface area contributed by atoms with E-state index >= 15 is 0 Å². The number of hydrogen-bond acceptors (Lipinski definition) is 2. The number of rotatable bonds is 1. The van der Waals surface area contributed by atoms with Crippen LogP contribution in [-0.2, 0) is 6.18 Å². The van der Waals surface area contributed by atoms with E-state index in [-0.39, 0.29) is 12.4 Å². The summed E-state index contributed by atoms with van der Waals surface area (Å²) in [6.45, 7) is 4.98.